The number of imidazole rings is 1. The molecule has 0 aliphatic rings. The molecule has 0 spiro atoms. The zero-order valence-electron chi connectivity index (χ0n) is 17.9. The van der Waals surface area contributed by atoms with Gasteiger partial charge in [-0.1, -0.05) is 32.9 Å². The maximum atomic E-state index is 12.7. The minimum Gasteiger partial charge on any atom is -0.482 e. The number of benzene rings is 2. The third-order valence-corrected chi connectivity index (χ3v) is 4.68. The van der Waals surface area contributed by atoms with E-state index >= 15 is 0 Å². The topological polar surface area (TPSA) is 147 Å². The number of ether oxygens (including phenoxy) is 1. The molecular weight excluding hydrogens is 412 g/mol. The van der Waals surface area contributed by atoms with Crippen molar-refractivity contribution in [2.75, 3.05) is 11.9 Å². The van der Waals surface area contributed by atoms with Crippen molar-refractivity contribution in [2.24, 2.45) is 5.73 Å². The lowest BCUT2D eigenvalue weighted by Gasteiger charge is -2.19. The van der Waals surface area contributed by atoms with E-state index in [4.69, 9.17) is 15.6 Å². The van der Waals surface area contributed by atoms with Crippen LogP contribution in [0.5, 0.6) is 5.75 Å². The quantitative estimate of drug-likeness (QED) is 0.447. The lowest BCUT2D eigenvalue weighted by atomic mass is 9.87. The van der Waals surface area contributed by atoms with Gasteiger partial charge in [-0.05, 0) is 47.4 Å². The normalized spacial score (nSPS) is 11.1. The number of carboxylic acid groups (broad SMARTS) is 1. The van der Waals surface area contributed by atoms with E-state index in [1.54, 1.807) is 36.4 Å². The number of nitrogens with zero attached hydrogens (tertiary/aromatic N) is 1. The van der Waals surface area contributed by atoms with Gasteiger partial charge in [-0.2, -0.15) is 0 Å². The number of aromatic amines is 1. The Hall–Kier alpha value is -4.14. The Morgan fingerprint density at radius 2 is 1.69 bits per heavy atom. The summed E-state index contributed by atoms with van der Waals surface area (Å²) in [5, 5.41) is 11.3. The van der Waals surface area contributed by atoms with E-state index in [0.717, 1.165) is 5.56 Å². The van der Waals surface area contributed by atoms with E-state index in [1.165, 1.54) is 0 Å². The van der Waals surface area contributed by atoms with Crippen molar-refractivity contribution in [1.82, 2.24) is 9.97 Å². The van der Waals surface area contributed by atoms with Crippen molar-refractivity contribution in [3.8, 4) is 17.1 Å². The van der Waals surface area contributed by atoms with Crippen LogP contribution in [-0.4, -0.2) is 39.5 Å². The number of hydrogen-bond acceptors (Lipinski definition) is 5. The Kier molecular flexibility index (Phi) is 6.29. The fourth-order valence-corrected chi connectivity index (χ4v) is 2.94. The largest absolute Gasteiger partial charge is 0.482 e. The molecular formula is C23H24N4O5. The molecule has 0 fully saturated rings. The predicted molar refractivity (Wildman–Crippen MR) is 119 cm³/mol. The lowest BCUT2D eigenvalue weighted by molar-refractivity contribution is -0.139. The van der Waals surface area contributed by atoms with Crippen LogP contribution in [0.25, 0.3) is 11.4 Å². The average molecular weight is 436 g/mol. The summed E-state index contributed by atoms with van der Waals surface area (Å²) in [7, 11) is 0. The number of primary amides is 1. The first kappa shape index (κ1) is 22.5. The third-order valence-electron chi connectivity index (χ3n) is 4.68. The van der Waals surface area contributed by atoms with Gasteiger partial charge in [0.2, 0.25) is 0 Å². The number of rotatable bonds is 7. The fraction of sp³-hybridized carbons (Fsp3) is 0.217. The molecule has 166 valence electrons. The van der Waals surface area contributed by atoms with E-state index < -0.39 is 24.4 Å². The molecule has 1 aromatic heterocycles. The van der Waals surface area contributed by atoms with Crippen molar-refractivity contribution in [1.29, 1.82) is 0 Å². The Morgan fingerprint density at radius 3 is 2.22 bits per heavy atom. The van der Waals surface area contributed by atoms with E-state index in [1.807, 2.05) is 12.1 Å². The number of hydrogen-bond donors (Lipinski definition) is 4. The molecule has 0 saturated carbocycles. The highest BCUT2D eigenvalue weighted by Crippen LogP contribution is 2.25. The minimum absolute atomic E-state index is 0.0410. The molecule has 3 aromatic rings. The molecule has 0 bridgehead atoms. The minimum atomic E-state index is -1.08. The van der Waals surface area contributed by atoms with Crippen LogP contribution in [0.4, 0.5) is 5.82 Å². The zero-order chi connectivity index (χ0) is 23.5. The summed E-state index contributed by atoms with van der Waals surface area (Å²) in [6.07, 6.45) is 0. The molecule has 5 N–H and O–H groups in total. The molecule has 0 saturated heterocycles. The van der Waals surface area contributed by atoms with Crippen LogP contribution in [0, 0.1) is 0 Å². The van der Waals surface area contributed by atoms with E-state index in [9.17, 15) is 14.4 Å². The standard InChI is InChI=1S/C23H24N4O5/c1-23(2,3)15-8-4-14(5-9-15)22(31)27-21-18(19(24)30)25-20(26-21)13-6-10-16(11-7-13)32-12-17(28)29/h4-11H,12H2,1-3H3,(H2,24,30)(H,25,26)(H,27,31)(H,28,29). The van der Waals surface area contributed by atoms with Crippen LogP contribution in [0.15, 0.2) is 48.5 Å². The van der Waals surface area contributed by atoms with Gasteiger partial charge in [0.25, 0.3) is 11.8 Å². The van der Waals surface area contributed by atoms with Crippen molar-refractivity contribution in [3.05, 3.63) is 65.4 Å². The first-order valence-electron chi connectivity index (χ1n) is 9.81. The van der Waals surface area contributed by atoms with E-state index in [-0.39, 0.29) is 16.9 Å². The smallest absolute Gasteiger partial charge is 0.341 e. The molecule has 9 heteroatoms. The lowest BCUT2D eigenvalue weighted by Crippen LogP contribution is -2.18. The number of nitrogens with two attached hydrogens (primary N) is 1. The molecule has 32 heavy (non-hydrogen) atoms. The van der Waals surface area contributed by atoms with Crippen LogP contribution >= 0.6 is 0 Å². The van der Waals surface area contributed by atoms with Gasteiger partial charge < -0.3 is 25.9 Å². The maximum absolute atomic E-state index is 12.7. The second-order valence-electron chi connectivity index (χ2n) is 8.16. The second kappa shape index (κ2) is 8.93. The number of nitrogens with one attached hydrogen (secondary N) is 2. The summed E-state index contributed by atoms with van der Waals surface area (Å²) in [5.41, 5.74) is 7.38. The van der Waals surface area contributed by atoms with Crippen LogP contribution in [-0.2, 0) is 10.2 Å². The van der Waals surface area contributed by atoms with Gasteiger partial charge in [0.05, 0.1) is 0 Å². The molecule has 0 radical (unpaired) electrons. The molecule has 3 rings (SSSR count). The molecule has 1 heterocycles. The van der Waals surface area contributed by atoms with Crippen LogP contribution in [0.3, 0.4) is 0 Å². The maximum Gasteiger partial charge on any atom is 0.341 e. The van der Waals surface area contributed by atoms with Gasteiger partial charge in [-0.15, -0.1) is 0 Å². The Bertz CT molecular complexity index is 1140. The number of carbonyl (C=O) groups excluding carboxylic acids is 2. The zero-order valence-corrected chi connectivity index (χ0v) is 17.9. The molecule has 2 amide bonds. The first-order valence-corrected chi connectivity index (χ1v) is 9.81. The van der Waals surface area contributed by atoms with Crippen molar-refractivity contribution >= 4 is 23.6 Å². The Morgan fingerprint density at radius 1 is 1.06 bits per heavy atom. The number of carboxylic acids is 1. The van der Waals surface area contributed by atoms with Gasteiger partial charge in [0.1, 0.15) is 17.4 Å². The van der Waals surface area contributed by atoms with Crippen LogP contribution in [0.2, 0.25) is 0 Å². The van der Waals surface area contributed by atoms with Crippen molar-refractivity contribution in [3.63, 3.8) is 0 Å². The highest BCUT2D eigenvalue weighted by Gasteiger charge is 2.20. The number of aliphatic carboxylic acids is 1. The number of H-pyrrole nitrogens is 1. The highest BCUT2D eigenvalue weighted by atomic mass is 16.5. The summed E-state index contributed by atoms with van der Waals surface area (Å²) in [5.74, 6) is -1.54. The van der Waals surface area contributed by atoms with E-state index in [2.05, 4.69) is 36.1 Å². The van der Waals surface area contributed by atoms with Gasteiger partial charge >= 0.3 is 5.97 Å². The number of amides is 2. The number of carbonyl (C=O) groups is 3. The monoisotopic (exact) mass is 436 g/mol. The molecule has 0 atom stereocenters. The first-order chi connectivity index (χ1) is 15.0. The fourth-order valence-electron chi connectivity index (χ4n) is 2.94. The molecule has 9 nitrogen and oxygen atoms in total. The summed E-state index contributed by atoms with van der Waals surface area (Å²) in [6.45, 7) is 5.79. The molecule has 0 aliphatic carbocycles. The summed E-state index contributed by atoms with van der Waals surface area (Å²) in [4.78, 5) is 42.2. The van der Waals surface area contributed by atoms with Gasteiger partial charge in [-0.3, -0.25) is 9.59 Å². The average Bonchev–Trinajstić information content (AvgIpc) is 3.16. The van der Waals surface area contributed by atoms with Crippen molar-refractivity contribution in [2.45, 2.75) is 26.2 Å². The van der Waals surface area contributed by atoms with Gasteiger partial charge in [0.15, 0.2) is 12.3 Å². The Balaban J connectivity index is 1.81. The number of anilines is 1. The molecule has 0 aliphatic heterocycles. The second-order valence-corrected chi connectivity index (χ2v) is 8.16. The SMILES string of the molecule is CC(C)(C)c1ccc(C(=O)Nc2[nH]c(-c3ccc(OCC(=O)O)cc3)nc2C(N)=O)cc1. The highest BCUT2D eigenvalue weighted by molar-refractivity contribution is 6.07. The predicted octanol–water partition coefficient (Wildman–Crippen LogP) is 3.19. The Labute approximate surface area is 184 Å². The summed E-state index contributed by atoms with van der Waals surface area (Å²) in [6, 6.07) is 13.6. The third kappa shape index (κ3) is 5.31. The molecule has 0 unspecified atom stereocenters. The van der Waals surface area contributed by atoms with Gasteiger partial charge in [-0.25, -0.2) is 9.78 Å². The summed E-state index contributed by atoms with van der Waals surface area (Å²) >= 11 is 0. The van der Waals surface area contributed by atoms with Gasteiger partial charge in [0, 0.05) is 11.1 Å². The molecule has 2 aromatic carbocycles. The van der Waals surface area contributed by atoms with Crippen LogP contribution in [0.1, 0.15) is 47.2 Å². The van der Waals surface area contributed by atoms with Crippen LogP contribution < -0.4 is 15.8 Å². The number of aromatic nitrogens is 2. The van der Waals surface area contributed by atoms with E-state index in [0.29, 0.717) is 22.7 Å². The van der Waals surface area contributed by atoms with Crippen molar-refractivity contribution < 1.29 is 24.2 Å². The summed E-state index contributed by atoms with van der Waals surface area (Å²) < 4.78 is 5.10.